The van der Waals surface area contributed by atoms with Gasteiger partial charge in [0.15, 0.2) is 5.82 Å². The van der Waals surface area contributed by atoms with Gasteiger partial charge in [-0.15, -0.1) is 0 Å². The van der Waals surface area contributed by atoms with Crippen LogP contribution in [-0.4, -0.2) is 93.4 Å². The minimum absolute atomic E-state index is 0.228. The third-order valence-corrected chi connectivity index (χ3v) is 9.96. The molecule has 0 atom stereocenters. The Balaban J connectivity index is 1.16. The zero-order valence-electron chi connectivity index (χ0n) is 25.2. The fraction of sp³-hybridized carbons (Fsp3) is 0.467. The summed E-state index contributed by atoms with van der Waals surface area (Å²) in [5.74, 6) is 1.16. The number of hydrogen-bond donors (Lipinski definition) is 3. The molecule has 0 bridgehead atoms. The van der Waals surface area contributed by atoms with Gasteiger partial charge in [0.1, 0.15) is 10.8 Å². The van der Waals surface area contributed by atoms with Gasteiger partial charge >= 0.3 is 0 Å². The second-order valence-electron chi connectivity index (χ2n) is 11.8. The van der Waals surface area contributed by atoms with Gasteiger partial charge in [-0.3, -0.25) is 9.62 Å². The minimum atomic E-state index is -3.54. The molecule has 4 heterocycles. The number of aromatic nitrogens is 2. The maximum Gasteiger partial charge on any atom is 0.229 e. The zero-order valence-corrected chi connectivity index (χ0v) is 28.3. The highest BCUT2D eigenvalue weighted by atomic mass is 35.5. The molecule has 1 aromatic heterocycles. The summed E-state index contributed by atoms with van der Waals surface area (Å²) in [6, 6.07) is 7.74. The summed E-state index contributed by atoms with van der Waals surface area (Å²) in [5, 5.41) is 7.58. The summed E-state index contributed by atoms with van der Waals surface area (Å²) in [7, 11) is -1.34. The highest BCUT2D eigenvalue weighted by molar-refractivity contribution is 7.92. The fourth-order valence-electron chi connectivity index (χ4n) is 6.15. The number of benzene rings is 2. The molecule has 0 unspecified atom stereocenters. The van der Waals surface area contributed by atoms with E-state index in [0.29, 0.717) is 51.9 Å². The number of hydrogen-bond acceptors (Lipinski definition) is 10. The van der Waals surface area contributed by atoms with Gasteiger partial charge in [0, 0.05) is 44.7 Å². The van der Waals surface area contributed by atoms with Gasteiger partial charge < -0.3 is 25.2 Å². The zero-order chi connectivity index (χ0) is 31.7. The monoisotopic (exact) mass is 694 g/mol. The number of likely N-dealkylation sites (N-methyl/N-ethyl adjacent to an activating group) is 1. The van der Waals surface area contributed by atoms with E-state index in [0.717, 1.165) is 69.6 Å². The van der Waals surface area contributed by atoms with Crippen molar-refractivity contribution in [3.05, 3.63) is 51.1 Å². The van der Waals surface area contributed by atoms with Gasteiger partial charge in [-0.2, -0.15) is 4.98 Å². The Morgan fingerprint density at radius 3 is 2.47 bits per heavy atom. The molecule has 3 aliphatic rings. The van der Waals surface area contributed by atoms with Gasteiger partial charge in [-0.05, 0) is 63.2 Å². The van der Waals surface area contributed by atoms with Crippen molar-refractivity contribution in [2.75, 3.05) is 79.4 Å². The van der Waals surface area contributed by atoms with Gasteiger partial charge in [0.25, 0.3) is 0 Å². The van der Waals surface area contributed by atoms with Crippen LogP contribution in [-0.2, 0) is 16.4 Å². The SMILES string of the molecule is CN1CCCN(C2CCN(c3cc(Cl)c(Nc4ncc(Cl)c(Nc5cc6c(cc5NS(C)(=O)=O)CCO6)n4)cc3Cl)CC2)CC1. The Labute approximate surface area is 279 Å². The van der Waals surface area contributed by atoms with Gasteiger partial charge in [0.2, 0.25) is 16.0 Å². The number of ether oxygens (including phenoxy) is 1. The van der Waals surface area contributed by atoms with Crippen LogP contribution in [0.1, 0.15) is 24.8 Å². The largest absolute Gasteiger partial charge is 0.493 e. The molecule has 6 rings (SSSR count). The normalized spacial score (nSPS) is 18.3. The first-order valence-electron chi connectivity index (χ1n) is 15.0. The Hall–Kier alpha value is -2.74. The van der Waals surface area contributed by atoms with Crippen LogP contribution in [0.15, 0.2) is 30.5 Å². The smallest absolute Gasteiger partial charge is 0.229 e. The lowest BCUT2D eigenvalue weighted by molar-refractivity contribution is 0.174. The van der Waals surface area contributed by atoms with Crippen molar-refractivity contribution in [1.82, 2.24) is 19.8 Å². The quantitative estimate of drug-likeness (QED) is 0.266. The van der Waals surface area contributed by atoms with Crippen molar-refractivity contribution in [2.24, 2.45) is 0 Å². The molecule has 0 radical (unpaired) electrons. The predicted octanol–water partition coefficient (Wildman–Crippen LogP) is 5.84. The van der Waals surface area contributed by atoms with Crippen molar-refractivity contribution in [3.63, 3.8) is 0 Å². The van der Waals surface area contributed by atoms with Crippen LogP contribution in [0.2, 0.25) is 15.1 Å². The highest BCUT2D eigenvalue weighted by Crippen LogP contribution is 2.39. The van der Waals surface area contributed by atoms with Gasteiger partial charge in [0.05, 0.1) is 51.9 Å². The maximum absolute atomic E-state index is 12.1. The van der Waals surface area contributed by atoms with Crippen LogP contribution < -0.4 is 25.0 Å². The summed E-state index contributed by atoms with van der Waals surface area (Å²) < 4.78 is 32.3. The van der Waals surface area contributed by atoms with Crippen LogP contribution in [0.4, 0.5) is 34.5 Å². The van der Waals surface area contributed by atoms with E-state index >= 15 is 0 Å². The third-order valence-electron chi connectivity index (χ3n) is 8.48. The molecule has 2 fully saturated rings. The average molecular weight is 696 g/mol. The maximum atomic E-state index is 12.1. The lowest BCUT2D eigenvalue weighted by Crippen LogP contribution is -2.46. The molecular formula is C30H37Cl3N8O3S. The Bertz CT molecular complexity index is 1670. The molecule has 3 aromatic rings. The standard InChI is InChI=1S/C30H37Cl3N8O3S/c1-39-7-3-8-40(12-11-39)20-4-9-41(10-5-20)27-16-21(31)24(15-22(27)32)36-30-34-18-23(33)29(37-30)35-25-17-28-19(6-13-44-28)14-26(25)38-45(2,42)43/h14-18,20,38H,3-13H2,1-2H3,(H2,34,35,36,37). The van der Waals surface area contributed by atoms with Crippen LogP contribution in [0, 0.1) is 0 Å². The second kappa shape index (κ2) is 13.5. The van der Waals surface area contributed by atoms with Crippen molar-refractivity contribution in [3.8, 4) is 5.75 Å². The summed E-state index contributed by atoms with van der Waals surface area (Å²) in [4.78, 5) is 16.2. The predicted molar refractivity (Wildman–Crippen MR) is 183 cm³/mol. The molecule has 3 N–H and O–H groups in total. The van der Waals surface area contributed by atoms with E-state index < -0.39 is 10.0 Å². The molecule has 3 aliphatic heterocycles. The van der Waals surface area contributed by atoms with Crippen LogP contribution in [0.25, 0.3) is 0 Å². The molecule has 0 spiro atoms. The molecular weight excluding hydrogens is 659 g/mol. The van der Waals surface area contributed by atoms with E-state index in [-0.39, 0.29) is 16.8 Å². The van der Waals surface area contributed by atoms with E-state index in [9.17, 15) is 8.42 Å². The molecule has 0 aliphatic carbocycles. The van der Waals surface area contributed by atoms with Crippen LogP contribution in [0.5, 0.6) is 5.75 Å². The molecule has 2 saturated heterocycles. The topological polar surface area (TPSA) is 115 Å². The molecule has 2 aromatic carbocycles. The first-order valence-corrected chi connectivity index (χ1v) is 18.1. The molecule has 45 heavy (non-hydrogen) atoms. The van der Waals surface area contributed by atoms with E-state index in [1.165, 1.54) is 12.6 Å². The number of sulfonamides is 1. The molecule has 11 nitrogen and oxygen atoms in total. The van der Waals surface area contributed by atoms with Gasteiger partial charge in [-0.1, -0.05) is 34.8 Å². The lowest BCUT2D eigenvalue weighted by Gasteiger charge is -2.39. The van der Waals surface area contributed by atoms with Crippen molar-refractivity contribution in [2.45, 2.75) is 31.7 Å². The average Bonchev–Trinajstić information content (AvgIpc) is 3.33. The Kier molecular flexibility index (Phi) is 9.70. The summed E-state index contributed by atoms with van der Waals surface area (Å²) in [6.45, 7) is 6.92. The van der Waals surface area contributed by atoms with E-state index in [1.807, 2.05) is 6.07 Å². The Morgan fingerprint density at radius 2 is 1.69 bits per heavy atom. The first-order chi connectivity index (χ1) is 21.5. The number of piperidine rings is 1. The first kappa shape index (κ1) is 32.2. The second-order valence-corrected chi connectivity index (χ2v) is 14.8. The molecule has 242 valence electrons. The van der Waals surface area contributed by atoms with E-state index in [4.69, 9.17) is 39.5 Å². The molecule has 15 heteroatoms. The highest BCUT2D eigenvalue weighted by Gasteiger charge is 2.27. The minimum Gasteiger partial charge on any atom is -0.493 e. The summed E-state index contributed by atoms with van der Waals surface area (Å²) in [6.07, 6.45) is 6.62. The molecule has 0 amide bonds. The van der Waals surface area contributed by atoms with Crippen LogP contribution in [0.3, 0.4) is 0 Å². The lowest BCUT2D eigenvalue weighted by atomic mass is 10.0. The summed E-state index contributed by atoms with van der Waals surface area (Å²) >= 11 is 20.0. The molecule has 0 saturated carbocycles. The van der Waals surface area contributed by atoms with Crippen LogP contribution >= 0.6 is 34.8 Å². The van der Waals surface area contributed by atoms with Gasteiger partial charge in [-0.25, -0.2) is 13.4 Å². The number of halogens is 3. The third kappa shape index (κ3) is 7.81. The fourth-order valence-corrected chi connectivity index (χ4v) is 7.35. The van der Waals surface area contributed by atoms with E-state index in [2.05, 4.69) is 47.1 Å². The number of nitrogens with one attached hydrogen (secondary N) is 3. The van der Waals surface area contributed by atoms with Crippen molar-refractivity contribution in [1.29, 1.82) is 0 Å². The van der Waals surface area contributed by atoms with Crippen molar-refractivity contribution < 1.29 is 13.2 Å². The number of rotatable bonds is 8. The summed E-state index contributed by atoms with van der Waals surface area (Å²) in [5.41, 5.74) is 3.16. The van der Waals surface area contributed by atoms with Crippen molar-refractivity contribution >= 4 is 79.3 Å². The number of nitrogens with zero attached hydrogens (tertiary/aromatic N) is 5. The number of anilines is 6. The number of fused-ring (bicyclic) bond motifs is 1. The Morgan fingerprint density at radius 1 is 0.889 bits per heavy atom. The van der Waals surface area contributed by atoms with E-state index in [1.54, 1.807) is 18.2 Å².